The normalized spacial score (nSPS) is 24.0. The molecule has 0 aliphatic carbocycles. The number of hydrogen-bond donors (Lipinski definition) is 2. The molecule has 27 heavy (non-hydrogen) atoms. The highest BCUT2D eigenvalue weighted by Gasteiger charge is 2.39. The molecule has 3 aliphatic heterocycles. The van der Waals surface area contributed by atoms with E-state index >= 15 is 0 Å². The van der Waals surface area contributed by atoms with Gasteiger partial charge in [0.15, 0.2) is 11.5 Å². The molecule has 3 fully saturated rings. The Morgan fingerprint density at radius 2 is 1.96 bits per heavy atom. The molecule has 1 atom stereocenters. The number of hydrogen-bond acceptors (Lipinski definition) is 3. The van der Waals surface area contributed by atoms with Crippen molar-refractivity contribution in [3.63, 3.8) is 0 Å². The van der Waals surface area contributed by atoms with Gasteiger partial charge in [0.2, 0.25) is 0 Å². The number of ether oxygens (including phenoxy) is 2. The Labute approximate surface area is 165 Å². The Balaban J connectivity index is 1.35. The van der Waals surface area contributed by atoms with Gasteiger partial charge in [0.05, 0.1) is 20.2 Å². The molecule has 3 aliphatic rings. The van der Waals surface area contributed by atoms with Crippen LogP contribution in [-0.2, 0) is 13.2 Å². The van der Waals surface area contributed by atoms with Gasteiger partial charge < -0.3 is 19.7 Å². The molecule has 2 bridgehead atoms. The van der Waals surface area contributed by atoms with Crippen molar-refractivity contribution in [3.8, 4) is 11.5 Å². The SMILES string of the molecule is COc1cc(C[NH2+][C@@H]2C[NH+]3CCC2CC3)ccc1OCc1ccc(Cl)nc1. The van der Waals surface area contributed by atoms with Gasteiger partial charge in [0, 0.05) is 36.1 Å². The Morgan fingerprint density at radius 3 is 2.63 bits per heavy atom. The lowest BCUT2D eigenvalue weighted by atomic mass is 9.84. The molecule has 3 N–H and O–H groups in total. The van der Waals surface area contributed by atoms with Crippen LogP contribution in [0.25, 0.3) is 0 Å². The third-order valence-corrected chi connectivity index (χ3v) is 6.16. The van der Waals surface area contributed by atoms with Crippen molar-refractivity contribution in [2.45, 2.75) is 32.0 Å². The van der Waals surface area contributed by atoms with Gasteiger partial charge in [0.1, 0.15) is 30.9 Å². The van der Waals surface area contributed by atoms with Gasteiger partial charge in [-0.3, -0.25) is 0 Å². The smallest absolute Gasteiger partial charge is 0.161 e. The van der Waals surface area contributed by atoms with Crippen LogP contribution in [0.15, 0.2) is 36.5 Å². The van der Waals surface area contributed by atoms with Gasteiger partial charge in [-0.2, -0.15) is 0 Å². The van der Waals surface area contributed by atoms with Crippen LogP contribution in [0.4, 0.5) is 0 Å². The van der Waals surface area contributed by atoms with Crippen molar-refractivity contribution in [2.75, 3.05) is 26.7 Å². The molecule has 5 rings (SSSR count). The van der Waals surface area contributed by atoms with E-state index in [1.807, 2.05) is 12.1 Å². The van der Waals surface area contributed by atoms with Crippen molar-refractivity contribution in [2.24, 2.45) is 5.92 Å². The predicted molar refractivity (Wildman–Crippen MR) is 104 cm³/mol. The fraction of sp³-hybridized carbons (Fsp3) is 0.476. The van der Waals surface area contributed by atoms with Crippen LogP contribution in [0.3, 0.4) is 0 Å². The molecule has 0 saturated carbocycles. The Hall–Kier alpha value is -1.82. The standard InChI is InChI=1S/C21H26ClN3O2/c1-26-20-10-15(11-23-18-13-25-8-6-17(18)7-9-25)2-4-19(20)27-14-16-3-5-21(22)24-12-16/h2-5,10,12,17-18,23H,6-9,11,13-14H2,1H3/p+2/t18-/m1/s1. The highest BCUT2D eigenvalue weighted by Crippen LogP contribution is 2.28. The fourth-order valence-corrected chi connectivity index (χ4v) is 4.47. The second-order valence-corrected chi connectivity index (χ2v) is 8.05. The lowest BCUT2D eigenvalue weighted by molar-refractivity contribution is -0.943. The van der Waals surface area contributed by atoms with Crippen molar-refractivity contribution in [3.05, 3.63) is 52.8 Å². The number of rotatable bonds is 7. The van der Waals surface area contributed by atoms with Crippen molar-refractivity contribution in [1.29, 1.82) is 0 Å². The zero-order chi connectivity index (χ0) is 18.6. The summed E-state index contributed by atoms with van der Waals surface area (Å²) in [7, 11) is 1.69. The number of aromatic nitrogens is 1. The number of benzene rings is 1. The van der Waals surface area contributed by atoms with Crippen molar-refractivity contribution in [1.82, 2.24) is 4.98 Å². The molecule has 0 spiro atoms. The van der Waals surface area contributed by atoms with Gasteiger partial charge >= 0.3 is 0 Å². The highest BCUT2D eigenvalue weighted by atomic mass is 35.5. The van der Waals surface area contributed by atoms with Crippen LogP contribution in [-0.4, -0.2) is 37.8 Å². The van der Waals surface area contributed by atoms with E-state index < -0.39 is 0 Å². The molecule has 1 aromatic carbocycles. The molecule has 0 radical (unpaired) electrons. The molecule has 2 aromatic rings. The first-order valence-corrected chi connectivity index (χ1v) is 10.2. The lowest BCUT2D eigenvalue weighted by Gasteiger charge is -2.40. The Morgan fingerprint density at radius 1 is 1.15 bits per heavy atom. The van der Waals surface area contributed by atoms with E-state index in [0.717, 1.165) is 35.6 Å². The molecule has 5 nitrogen and oxygen atoms in total. The Kier molecular flexibility index (Phi) is 5.81. The molecule has 0 unspecified atom stereocenters. The molecule has 144 valence electrons. The topological polar surface area (TPSA) is 52.4 Å². The molecule has 6 heteroatoms. The van der Waals surface area contributed by atoms with E-state index in [4.69, 9.17) is 21.1 Å². The summed E-state index contributed by atoms with van der Waals surface area (Å²) in [6.45, 7) is 5.49. The molecular formula is C21H28ClN3O2+2. The molecule has 3 saturated heterocycles. The third kappa shape index (κ3) is 4.54. The monoisotopic (exact) mass is 389 g/mol. The van der Waals surface area contributed by atoms with Crippen molar-refractivity contribution < 1.29 is 19.7 Å². The van der Waals surface area contributed by atoms with Crippen LogP contribution < -0.4 is 19.7 Å². The maximum atomic E-state index is 5.92. The molecule has 4 heterocycles. The second kappa shape index (κ2) is 8.46. The summed E-state index contributed by atoms with van der Waals surface area (Å²) in [4.78, 5) is 5.87. The Bertz CT molecular complexity index is 761. The number of pyridine rings is 1. The largest absolute Gasteiger partial charge is 0.493 e. The first-order valence-electron chi connectivity index (χ1n) is 9.78. The average Bonchev–Trinajstić information content (AvgIpc) is 2.73. The number of nitrogens with one attached hydrogen (secondary N) is 1. The molecular weight excluding hydrogens is 362 g/mol. The van der Waals surface area contributed by atoms with Crippen LogP contribution in [0, 0.1) is 5.92 Å². The summed E-state index contributed by atoms with van der Waals surface area (Å²) in [5.41, 5.74) is 2.25. The number of nitrogens with zero attached hydrogens (tertiary/aromatic N) is 1. The molecule has 0 amide bonds. The summed E-state index contributed by atoms with van der Waals surface area (Å²) in [6.07, 6.45) is 4.52. The van der Waals surface area contributed by atoms with Gasteiger partial charge in [-0.1, -0.05) is 17.7 Å². The summed E-state index contributed by atoms with van der Waals surface area (Å²) in [6, 6.07) is 10.7. The number of piperidine rings is 3. The highest BCUT2D eigenvalue weighted by molar-refractivity contribution is 6.29. The third-order valence-electron chi connectivity index (χ3n) is 5.93. The number of fused-ring (bicyclic) bond motifs is 3. The quantitative estimate of drug-likeness (QED) is 0.696. The second-order valence-electron chi connectivity index (χ2n) is 7.66. The summed E-state index contributed by atoms with van der Waals surface area (Å²) in [5, 5.41) is 3.01. The maximum Gasteiger partial charge on any atom is 0.161 e. The zero-order valence-corrected chi connectivity index (χ0v) is 16.5. The zero-order valence-electron chi connectivity index (χ0n) is 15.8. The van der Waals surface area contributed by atoms with Gasteiger partial charge in [-0.15, -0.1) is 0 Å². The number of methoxy groups -OCH3 is 1. The number of halogens is 1. The van der Waals surface area contributed by atoms with Crippen LogP contribution in [0.2, 0.25) is 5.15 Å². The van der Waals surface area contributed by atoms with Crippen LogP contribution >= 0.6 is 11.6 Å². The fourth-order valence-electron chi connectivity index (χ4n) is 4.36. The predicted octanol–water partition coefficient (Wildman–Crippen LogP) is 1.06. The maximum absolute atomic E-state index is 5.92. The first kappa shape index (κ1) is 18.5. The summed E-state index contributed by atoms with van der Waals surface area (Å²) in [5.74, 6) is 2.44. The van der Waals surface area contributed by atoms with E-state index in [2.05, 4.69) is 22.4 Å². The van der Waals surface area contributed by atoms with Gasteiger partial charge in [-0.25, -0.2) is 4.98 Å². The minimum atomic E-state index is 0.439. The van der Waals surface area contributed by atoms with Gasteiger partial charge in [-0.05, 0) is 24.3 Å². The average molecular weight is 390 g/mol. The van der Waals surface area contributed by atoms with E-state index in [1.54, 1.807) is 24.3 Å². The van der Waals surface area contributed by atoms with E-state index in [0.29, 0.717) is 11.8 Å². The molecule has 1 aromatic heterocycles. The summed E-state index contributed by atoms with van der Waals surface area (Å²) < 4.78 is 11.5. The lowest BCUT2D eigenvalue weighted by Crippen LogP contribution is -3.20. The van der Waals surface area contributed by atoms with E-state index in [1.165, 1.54) is 38.0 Å². The van der Waals surface area contributed by atoms with Gasteiger partial charge in [0.25, 0.3) is 0 Å². The minimum Gasteiger partial charge on any atom is -0.493 e. The van der Waals surface area contributed by atoms with E-state index in [9.17, 15) is 0 Å². The summed E-state index contributed by atoms with van der Waals surface area (Å²) >= 11 is 5.82. The minimum absolute atomic E-state index is 0.439. The number of nitrogens with two attached hydrogens (primary N) is 1. The first-order chi connectivity index (χ1) is 13.2. The van der Waals surface area contributed by atoms with Crippen LogP contribution in [0.5, 0.6) is 11.5 Å². The van der Waals surface area contributed by atoms with E-state index in [-0.39, 0.29) is 0 Å². The van der Waals surface area contributed by atoms with Crippen LogP contribution in [0.1, 0.15) is 24.0 Å². The number of quaternary nitrogens is 2. The van der Waals surface area contributed by atoms with Crippen molar-refractivity contribution >= 4 is 11.6 Å².